The molecule has 5 rings (SSSR count). The zero-order valence-corrected chi connectivity index (χ0v) is 29.8. The van der Waals surface area contributed by atoms with E-state index in [1.165, 1.54) is 36.3 Å². The summed E-state index contributed by atoms with van der Waals surface area (Å²) in [5.41, 5.74) is 1.89. The number of aliphatic hydroxyl groups is 2. The molecule has 1 atom stereocenters. The van der Waals surface area contributed by atoms with Crippen LogP contribution in [0.2, 0.25) is 0 Å². The first kappa shape index (κ1) is 38.8. The molecule has 0 radical (unpaired) electrons. The molecule has 2 amide bonds. The van der Waals surface area contributed by atoms with Gasteiger partial charge in [0, 0.05) is 38.2 Å². The Morgan fingerprint density at radius 2 is 1.85 bits per heavy atom. The van der Waals surface area contributed by atoms with Gasteiger partial charge >= 0.3 is 5.97 Å². The molecule has 3 aromatic rings. The normalized spacial score (nSPS) is 16.2. The van der Waals surface area contributed by atoms with Crippen molar-refractivity contribution in [2.75, 3.05) is 71.6 Å². The SMILES string of the molecule is COc1cc(C(=O)OCC(O)CO)ccc1NC(=O)CCN1C(=O)/C(=C/c2ccc(OCCN3CCOCC3)c(-c3ccc(F)c(F)c3)c2)SC1=S. The average Bonchev–Trinajstić information content (AvgIpc) is 3.42. The fraction of sp³-hybridized carbons (Fsp3) is 0.333. The van der Waals surface area contributed by atoms with Gasteiger partial charge in [-0.1, -0.05) is 36.1 Å². The quantitative estimate of drug-likeness (QED) is 0.117. The van der Waals surface area contributed by atoms with Crippen LogP contribution < -0.4 is 14.8 Å². The van der Waals surface area contributed by atoms with Crippen molar-refractivity contribution in [1.29, 1.82) is 0 Å². The lowest BCUT2D eigenvalue weighted by molar-refractivity contribution is -0.122. The number of rotatable bonds is 15. The van der Waals surface area contributed by atoms with E-state index in [0.29, 0.717) is 53.7 Å². The van der Waals surface area contributed by atoms with Gasteiger partial charge in [0.25, 0.3) is 5.91 Å². The number of hydrogen-bond acceptors (Lipinski definition) is 12. The summed E-state index contributed by atoms with van der Waals surface area (Å²) >= 11 is 6.54. The molecule has 52 heavy (non-hydrogen) atoms. The molecule has 16 heteroatoms. The van der Waals surface area contributed by atoms with Gasteiger partial charge in [0.1, 0.15) is 35.1 Å². The Bertz CT molecular complexity index is 1840. The van der Waals surface area contributed by atoms with Gasteiger partial charge in [-0.05, 0) is 59.7 Å². The molecular formula is C36H37F2N3O9S2. The summed E-state index contributed by atoms with van der Waals surface area (Å²) in [5, 5.41) is 21.0. The number of ether oxygens (including phenoxy) is 4. The first-order valence-corrected chi connectivity index (χ1v) is 17.5. The highest BCUT2D eigenvalue weighted by Crippen LogP contribution is 2.36. The molecule has 2 aliphatic heterocycles. The Kier molecular flexibility index (Phi) is 13.7. The molecule has 2 fully saturated rings. The molecular weight excluding hydrogens is 721 g/mol. The number of morpholine rings is 1. The number of carbonyl (C=O) groups is 3. The number of halogens is 2. The van der Waals surface area contributed by atoms with Crippen molar-refractivity contribution in [1.82, 2.24) is 9.80 Å². The number of carbonyl (C=O) groups excluding carboxylic acids is 3. The third-order valence-electron chi connectivity index (χ3n) is 8.07. The molecule has 276 valence electrons. The Labute approximate surface area is 308 Å². The number of nitrogens with zero attached hydrogens (tertiary/aromatic N) is 2. The standard InChI is InChI=1S/C36H37F2N3O9S2/c1-47-31-19-24(35(46)50-21-25(43)20-42)4-6-29(31)39-33(44)8-9-41-34(45)32(52-36(41)51)17-22-2-7-30(49-15-12-40-10-13-48-14-11-40)26(16-22)23-3-5-27(37)28(38)18-23/h2-7,16-19,25,42-43H,8-15,20-21H2,1H3,(H,39,44)/b32-17-. The van der Waals surface area contributed by atoms with E-state index in [9.17, 15) is 28.3 Å². The fourth-order valence-electron chi connectivity index (χ4n) is 5.26. The molecule has 2 saturated heterocycles. The van der Waals surface area contributed by atoms with Gasteiger partial charge in [-0.2, -0.15) is 0 Å². The molecule has 2 aliphatic rings. The first-order valence-electron chi connectivity index (χ1n) is 16.3. The molecule has 12 nitrogen and oxygen atoms in total. The number of hydrogen-bond donors (Lipinski definition) is 3. The van der Waals surface area contributed by atoms with Crippen molar-refractivity contribution >= 4 is 57.8 Å². The predicted molar refractivity (Wildman–Crippen MR) is 194 cm³/mol. The summed E-state index contributed by atoms with van der Waals surface area (Å²) in [5.74, 6) is -2.92. The highest BCUT2D eigenvalue weighted by molar-refractivity contribution is 8.26. The Hall–Kier alpha value is -4.45. The summed E-state index contributed by atoms with van der Waals surface area (Å²) in [6, 6.07) is 13.0. The lowest BCUT2D eigenvalue weighted by Gasteiger charge is -2.26. The number of aliphatic hydroxyl groups excluding tert-OH is 2. The number of thioether (sulfide) groups is 1. The average molecular weight is 758 g/mol. The van der Waals surface area contributed by atoms with Crippen LogP contribution in [0.15, 0.2) is 59.5 Å². The third kappa shape index (κ3) is 10.1. The maximum absolute atomic E-state index is 14.3. The number of esters is 1. The summed E-state index contributed by atoms with van der Waals surface area (Å²) in [6.07, 6.45) is 0.324. The van der Waals surface area contributed by atoms with E-state index < -0.39 is 48.7 Å². The highest BCUT2D eigenvalue weighted by Gasteiger charge is 2.32. The number of thiocarbonyl (C=S) groups is 1. The van der Waals surface area contributed by atoms with E-state index in [-0.39, 0.29) is 34.3 Å². The van der Waals surface area contributed by atoms with Crippen LogP contribution in [0.4, 0.5) is 14.5 Å². The van der Waals surface area contributed by atoms with Crippen LogP contribution in [0.3, 0.4) is 0 Å². The third-order valence-corrected chi connectivity index (χ3v) is 9.44. The number of amides is 2. The van der Waals surface area contributed by atoms with E-state index in [1.54, 1.807) is 24.3 Å². The lowest BCUT2D eigenvalue weighted by atomic mass is 10.0. The zero-order chi connectivity index (χ0) is 37.2. The van der Waals surface area contributed by atoms with Crippen LogP contribution >= 0.6 is 24.0 Å². The highest BCUT2D eigenvalue weighted by atomic mass is 32.2. The number of anilines is 1. The van der Waals surface area contributed by atoms with Crippen LogP contribution in [-0.2, 0) is 19.1 Å². The molecule has 3 N–H and O–H groups in total. The molecule has 0 bridgehead atoms. The van der Waals surface area contributed by atoms with Crippen molar-refractivity contribution in [2.45, 2.75) is 12.5 Å². The van der Waals surface area contributed by atoms with Gasteiger partial charge in [-0.3, -0.25) is 19.4 Å². The molecule has 0 saturated carbocycles. The molecule has 0 spiro atoms. The minimum atomic E-state index is -1.21. The summed E-state index contributed by atoms with van der Waals surface area (Å²) < 4.78 is 50.1. The molecule has 2 heterocycles. The topological polar surface area (TPSA) is 147 Å². The van der Waals surface area contributed by atoms with Crippen molar-refractivity contribution in [3.05, 3.63) is 82.3 Å². The number of nitrogens with one attached hydrogen (secondary N) is 1. The van der Waals surface area contributed by atoms with Crippen LogP contribution in [-0.4, -0.2) is 115 Å². The lowest BCUT2D eigenvalue weighted by Crippen LogP contribution is -2.38. The van der Waals surface area contributed by atoms with Crippen LogP contribution in [0.5, 0.6) is 11.5 Å². The molecule has 3 aromatic carbocycles. The van der Waals surface area contributed by atoms with Crippen molar-refractivity contribution < 1.29 is 52.3 Å². The van der Waals surface area contributed by atoms with Crippen LogP contribution in [0.25, 0.3) is 17.2 Å². The summed E-state index contributed by atoms with van der Waals surface area (Å²) in [7, 11) is 1.36. The van der Waals surface area contributed by atoms with Gasteiger partial charge in [0.05, 0.1) is 43.1 Å². The Morgan fingerprint density at radius 1 is 1.06 bits per heavy atom. The van der Waals surface area contributed by atoms with Gasteiger partial charge in [0.15, 0.2) is 11.6 Å². The maximum atomic E-state index is 14.3. The first-order chi connectivity index (χ1) is 25.1. The van der Waals surface area contributed by atoms with Crippen molar-refractivity contribution in [3.63, 3.8) is 0 Å². The van der Waals surface area contributed by atoms with E-state index >= 15 is 0 Å². The largest absolute Gasteiger partial charge is 0.495 e. The molecule has 0 aliphatic carbocycles. The van der Waals surface area contributed by atoms with Crippen molar-refractivity contribution in [2.24, 2.45) is 0 Å². The van der Waals surface area contributed by atoms with E-state index in [2.05, 4.69) is 10.2 Å². The monoisotopic (exact) mass is 757 g/mol. The van der Waals surface area contributed by atoms with Gasteiger partial charge < -0.3 is 34.5 Å². The molecule has 0 aromatic heterocycles. The fourth-order valence-corrected chi connectivity index (χ4v) is 6.57. The summed E-state index contributed by atoms with van der Waals surface area (Å²) in [6.45, 7) is 2.97. The van der Waals surface area contributed by atoms with E-state index in [0.717, 1.165) is 37.0 Å². The number of benzene rings is 3. The van der Waals surface area contributed by atoms with Gasteiger partial charge in [0.2, 0.25) is 5.91 Å². The second-order valence-electron chi connectivity index (χ2n) is 11.7. The minimum absolute atomic E-state index is 0.0101. The van der Waals surface area contributed by atoms with E-state index in [4.69, 9.17) is 36.3 Å². The van der Waals surface area contributed by atoms with Crippen LogP contribution in [0.1, 0.15) is 22.3 Å². The predicted octanol–water partition coefficient (Wildman–Crippen LogP) is 4.09. The zero-order valence-electron chi connectivity index (χ0n) is 28.1. The summed E-state index contributed by atoms with van der Waals surface area (Å²) in [4.78, 5) is 42.4. The van der Waals surface area contributed by atoms with Gasteiger partial charge in [-0.25, -0.2) is 13.6 Å². The molecule has 1 unspecified atom stereocenters. The van der Waals surface area contributed by atoms with Gasteiger partial charge in [-0.15, -0.1) is 0 Å². The van der Waals surface area contributed by atoms with Crippen LogP contribution in [0, 0.1) is 11.6 Å². The number of methoxy groups -OCH3 is 1. The second kappa shape index (κ2) is 18.3. The van der Waals surface area contributed by atoms with E-state index in [1.807, 2.05) is 0 Å². The smallest absolute Gasteiger partial charge is 0.338 e. The second-order valence-corrected chi connectivity index (χ2v) is 13.3. The van der Waals surface area contributed by atoms with Crippen molar-refractivity contribution in [3.8, 4) is 22.6 Å². The Morgan fingerprint density at radius 3 is 2.58 bits per heavy atom. The Balaban J connectivity index is 1.23. The maximum Gasteiger partial charge on any atom is 0.338 e. The minimum Gasteiger partial charge on any atom is -0.495 e.